The molecule has 1 N–H and O–H groups in total. The molecule has 0 aliphatic carbocycles. The van der Waals surface area contributed by atoms with Crippen molar-refractivity contribution in [3.05, 3.63) is 59.9 Å². The van der Waals surface area contributed by atoms with Crippen molar-refractivity contribution >= 4 is 11.7 Å². The molecule has 1 aromatic carbocycles. The molecule has 0 saturated heterocycles. The first-order valence-corrected chi connectivity index (χ1v) is 7.47. The first kappa shape index (κ1) is 16.2. The molecule has 7 nitrogen and oxygen atoms in total. The zero-order valence-electron chi connectivity index (χ0n) is 13.7. The van der Waals surface area contributed by atoms with E-state index in [9.17, 15) is 4.79 Å². The number of nitrogens with one attached hydrogen (secondary N) is 1. The van der Waals surface area contributed by atoms with Crippen molar-refractivity contribution in [1.29, 1.82) is 5.26 Å². The number of methoxy groups -OCH3 is 1. The van der Waals surface area contributed by atoms with Crippen LogP contribution in [-0.2, 0) is 7.05 Å². The average Bonchev–Trinajstić information content (AvgIpc) is 3.01. The van der Waals surface area contributed by atoms with Gasteiger partial charge in [-0.25, -0.2) is 0 Å². The maximum atomic E-state index is 12.5. The zero-order valence-corrected chi connectivity index (χ0v) is 13.7. The molecule has 0 saturated carbocycles. The van der Waals surface area contributed by atoms with Crippen LogP contribution in [0.4, 0.5) is 5.82 Å². The monoisotopic (exact) mass is 333 g/mol. The third-order valence-electron chi connectivity index (χ3n) is 3.58. The van der Waals surface area contributed by atoms with E-state index in [-0.39, 0.29) is 11.7 Å². The Kier molecular flexibility index (Phi) is 4.44. The van der Waals surface area contributed by atoms with Crippen molar-refractivity contribution in [2.24, 2.45) is 7.05 Å². The molecule has 0 radical (unpaired) electrons. The lowest BCUT2D eigenvalue weighted by molar-refractivity contribution is 0.102. The maximum Gasteiger partial charge on any atom is 0.256 e. The number of amides is 1. The number of carbonyl (C=O) groups is 1. The molecule has 1 amide bonds. The lowest BCUT2D eigenvalue weighted by Crippen LogP contribution is -2.13. The summed E-state index contributed by atoms with van der Waals surface area (Å²) in [6.07, 6.45) is 3.22. The predicted molar refractivity (Wildman–Crippen MR) is 92.1 cm³/mol. The highest BCUT2D eigenvalue weighted by molar-refractivity contribution is 6.05. The molecule has 0 bridgehead atoms. The van der Waals surface area contributed by atoms with Crippen molar-refractivity contribution in [2.45, 2.75) is 0 Å². The first-order valence-electron chi connectivity index (χ1n) is 7.47. The Hall–Kier alpha value is -3.66. The summed E-state index contributed by atoms with van der Waals surface area (Å²) < 4.78 is 6.84. The maximum absolute atomic E-state index is 12.5. The van der Waals surface area contributed by atoms with Crippen molar-refractivity contribution in [3.63, 3.8) is 0 Å². The van der Waals surface area contributed by atoms with Crippen LogP contribution in [0.5, 0.6) is 5.75 Å². The van der Waals surface area contributed by atoms with Crippen LogP contribution in [0.3, 0.4) is 0 Å². The van der Waals surface area contributed by atoms with E-state index in [0.717, 1.165) is 0 Å². The Balaban J connectivity index is 1.95. The van der Waals surface area contributed by atoms with E-state index in [1.54, 1.807) is 44.8 Å². The summed E-state index contributed by atoms with van der Waals surface area (Å²) in [5.74, 6) is 0.478. The number of hydrogen-bond acceptors (Lipinski definition) is 5. The van der Waals surface area contributed by atoms with E-state index in [1.807, 2.05) is 24.3 Å². The van der Waals surface area contributed by atoms with Gasteiger partial charge >= 0.3 is 0 Å². The lowest BCUT2D eigenvalue weighted by atomic mass is 10.1. The molecule has 25 heavy (non-hydrogen) atoms. The molecule has 3 rings (SSSR count). The van der Waals surface area contributed by atoms with Crippen molar-refractivity contribution in [3.8, 4) is 23.1 Å². The molecule has 7 heteroatoms. The Bertz CT molecular complexity index is 957. The van der Waals surface area contributed by atoms with Crippen LogP contribution in [0.2, 0.25) is 0 Å². The van der Waals surface area contributed by atoms with Gasteiger partial charge in [-0.2, -0.15) is 10.4 Å². The second kappa shape index (κ2) is 6.84. The Labute approximate surface area is 144 Å². The van der Waals surface area contributed by atoms with E-state index >= 15 is 0 Å². The summed E-state index contributed by atoms with van der Waals surface area (Å²) in [6, 6.07) is 12.6. The van der Waals surface area contributed by atoms with Crippen LogP contribution in [0, 0.1) is 11.3 Å². The molecule has 0 aliphatic rings. The van der Waals surface area contributed by atoms with Gasteiger partial charge in [0.1, 0.15) is 17.4 Å². The predicted octanol–water partition coefficient (Wildman–Crippen LogP) is 2.61. The Morgan fingerprint density at radius 3 is 2.84 bits per heavy atom. The third-order valence-corrected chi connectivity index (χ3v) is 3.58. The minimum absolute atomic E-state index is 0.227. The third kappa shape index (κ3) is 3.33. The molecule has 2 heterocycles. The molecular weight excluding hydrogens is 318 g/mol. The van der Waals surface area contributed by atoms with Gasteiger partial charge in [0.2, 0.25) is 0 Å². The van der Waals surface area contributed by atoms with Gasteiger partial charge in [-0.15, -0.1) is 0 Å². The van der Waals surface area contributed by atoms with E-state index < -0.39 is 0 Å². The summed E-state index contributed by atoms with van der Waals surface area (Å²) in [5.41, 5.74) is 2.12. The summed E-state index contributed by atoms with van der Waals surface area (Å²) in [7, 11) is 3.25. The molecule has 124 valence electrons. The van der Waals surface area contributed by atoms with E-state index in [0.29, 0.717) is 28.1 Å². The number of nitriles is 1. The number of nitrogens with zero attached hydrogens (tertiary/aromatic N) is 4. The quantitative estimate of drug-likeness (QED) is 0.792. The molecule has 0 atom stereocenters. The van der Waals surface area contributed by atoms with Gasteiger partial charge < -0.3 is 10.1 Å². The number of anilines is 1. The molecule has 3 aromatic rings. The zero-order chi connectivity index (χ0) is 17.8. The van der Waals surface area contributed by atoms with Crippen molar-refractivity contribution in [2.75, 3.05) is 12.4 Å². The minimum atomic E-state index is -0.366. The molecule has 0 aliphatic heterocycles. The van der Waals surface area contributed by atoms with E-state index in [2.05, 4.69) is 15.4 Å². The van der Waals surface area contributed by atoms with Gasteiger partial charge in [-0.1, -0.05) is 6.07 Å². The number of aryl methyl sites for hydroxylation is 1. The largest absolute Gasteiger partial charge is 0.496 e. The number of rotatable bonds is 4. The number of carbonyl (C=O) groups excluding carboxylic acids is 1. The standard InChI is InChI=1S/C18H15N5O2/c1-23-11-13(10-19)17(22-23)21-18(24)12-6-7-16(25-2)14(9-12)15-5-3-4-8-20-15/h3-9,11H,1-2H3,(H,21,22,24). The number of ether oxygens (including phenoxy) is 1. The number of pyridine rings is 1. The number of aromatic nitrogens is 3. The molecular formula is C18H15N5O2. The van der Waals surface area contributed by atoms with Crippen LogP contribution in [0.25, 0.3) is 11.3 Å². The smallest absolute Gasteiger partial charge is 0.256 e. The summed E-state index contributed by atoms with van der Waals surface area (Å²) in [5, 5.41) is 15.8. The first-order chi connectivity index (χ1) is 12.1. The number of benzene rings is 1. The normalized spacial score (nSPS) is 10.1. The Morgan fingerprint density at radius 1 is 1.32 bits per heavy atom. The van der Waals surface area contributed by atoms with Gasteiger partial charge in [-0.3, -0.25) is 14.5 Å². The second-order valence-corrected chi connectivity index (χ2v) is 5.26. The molecule has 0 spiro atoms. The van der Waals surface area contributed by atoms with E-state index in [1.165, 1.54) is 4.68 Å². The Morgan fingerprint density at radius 2 is 2.16 bits per heavy atom. The minimum Gasteiger partial charge on any atom is -0.496 e. The summed E-state index contributed by atoms with van der Waals surface area (Å²) in [4.78, 5) is 16.8. The van der Waals surface area contributed by atoms with Gasteiger partial charge in [-0.05, 0) is 30.3 Å². The van der Waals surface area contributed by atoms with Crippen molar-refractivity contribution < 1.29 is 9.53 Å². The highest BCUT2D eigenvalue weighted by atomic mass is 16.5. The highest BCUT2D eigenvalue weighted by Gasteiger charge is 2.15. The van der Waals surface area contributed by atoms with Gasteiger partial charge in [0.15, 0.2) is 5.82 Å². The van der Waals surface area contributed by atoms with Crippen molar-refractivity contribution in [1.82, 2.24) is 14.8 Å². The molecule has 0 unspecified atom stereocenters. The highest BCUT2D eigenvalue weighted by Crippen LogP contribution is 2.29. The number of hydrogen-bond donors (Lipinski definition) is 1. The topological polar surface area (TPSA) is 92.8 Å². The fraction of sp³-hybridized carbons (Fsp3) is 0.111. The van der Waals surface area contributed by atoms with Crippen LogP contribution in [0.15, 0.2) is 48.8 Å². The average molecular weight is 333 g/mol. The summed E-state index contributed by atoms with van der Waals surface area (Å²) in [6.45, 7) is 0. The molecule has 2 aromatic heterocycles. The fourth-order valence-corrected chi connectivity index (χ4v) is 2.41. The van der Waals surface area contributed by atoms with Gasteiger partial charge in [0.25, 0.3) is 5.91 Å². The van der Waals surface area contributed by atoms with Crippen LogP contribution >= 0.6 is 0 Å². The lowest BCUT2D eigenvalue weighted by Gasteiger charge is -2.10. The van der Waals surface area contributed by atoms with E-state index in [4.69, 9.17) is 10.00 Å². The van der Waals surface area contributed by atoms with Gasteiger partial charge in [0, 0.05) is 30.6 Å². The van der Waals surface area contributed by atoms with Crippen LogP contribution in [0.1, 0.15) is 15.9 Å². The second-order valence-electron chi connectivity index (χ2n) is 5.26. The van der Waals surface area contributed by atoms with Gasteiger partial charge in [0.05, 0.1) is 12.8 Å². The SMILES string of the molecule is COc1ccc(C(=O)Nc2nn(C)cc2C#N)cc1-c1ccccn1. The fourth-order valence-electron chi connectivity index (χ4n) is 2.41. The van der Waals surface area contributed by atoms with Crippen LogP contribution < -0.4 is 10.1 Å². The van der Waals surface area contributed by atoms with Crippen LogP contribution in [-0.4, -0.2) is 27.8 Å². The summed E-state index contributed by atoms with van der Waals surface area (Å²) >= 11 is 0. The molecule has 0 fully saturated rings.